The number of azide groups is 1. The maximum absolute atomic E-state index is 11.9. The van der Waals surface area contributed by atoms with Gasteiger partial charge in [0.2, 0.25) is 0 Å². The number of hydrogen-bond donors (Lipinski definition) is 2. The second kappa shape index (κ2) is 10.8. The van der Waals surface area contributed by atoms with Gasteiger partial charge in [-0.05, 0) is 11.1 Å². The number of carbonyl (C=O) groups is 2. The molecule has 8 nitrogen and oxygen atoms in total. The minimum atomic E-state index is -0.981. The molecule has 1 aromatic carbocycles. The standard InChI is InChI=1S/C16H22N4O4S2/c1-16(2,3)26-25-10-13(8-14(21)22)18-15(23)24-9-11-4-6-12(7-5-11)19-20-17/h4-7,13H,8-10H2,1-3H3,(H,18,23)(H,21,22)/t13-/m1/s1. The predicted molar refractivity (Wildman–Crippen MR) is 104 cm³/mol. The number of rotatable bonds is 9. The summed E-state index contributed by atoms with van der Waals surface area (Å²) in [5.74, 6) is -0.519. The third-order valence-corrected chi connectivity index (χ3v) is 6.21. The highest BCUT2D eigenvalue weighted by molar-refractivity contribution is 8.77. The molecule has 1 amide bonds. The van der Waals surface area contributed by atoms with Crippen molar-refractivity contribution in [1.29, 1.82) is 0 Å². The van der Waals surface area contributed by atoms with Crippen molar-refractivity contribution < 1.29 is 19.4 Å². The number of carbonyl (C=O) groups excluding carboxylic acids is 1. The van der Waals surface area contributed by atoms with Gasteiger partial charge in [-0.15, -0.1) is 0 Å². The highest BCUT2D eigenvalue weighted by Crippen LogP contribution is 2.35. The maximum Gasteiger partial charge on any atom is 0.407 e. The van der Waals surface area contributed by atoms with Crippen LogP contribution in [0.1, 0.15) is 32.8 Å². The monoisotopic (exact) mass is 398 g/mol. The van der Waals surface area contributed by atoms with Crippen molar-refractivity contribution in [2.45, 2.75) is 44.6 Å². The largest absolute Gasteiger partial charge is 0.481 e. The molecule has 10 heteroatoms. The molecule has 0 fully saturated rings. The molecule has 2 N–H and O–H groups in total. The van der Waals surface area contributed by atoms with Gasteiger partial charge in [-0.25, -0.2) is 4.79 Å². The topological polar surface area (TPSA) is 124 Å². The van der Waals surface area contributed by atoms with Crippen LogP contribution in [0.4, 0.5) is 10.5 Å². The van der Waals surface area contributed by atoms with Crippen LogP contribution >= 0.6 is 21.6 Å². The Labute approximate surface area is 160 Å². The van der Waals surface area contributed by atoms with Crippen LogP contribution in [0, 0.1) is 0 Å². The Morgan fingerprint density at radius 2 is 2.00 bits per heavy atom. The van der Waals surface area contributed by atoms with Crippen LogP contribution in [0.2, 0.25) is 0 Å². The van der Waals surface area contributed by atoms with Gasteiger partial charge in [0.1, 0.15) is 6.61 Å². The van der Waals surface area contributed by atoms with Crippen molar-refractivity contribution >= 4 is 39.3 Å². The molecule has 0 aliphatic rings. The van der Waals surface area contributed by atoms with Crippen LogP contribution in [0.15, 0.2) is 29.4 Å². The summed E-state index contributed by atoms with van der Waals surface area (Å²) in [7, 11) is 3.15. The molecule has 1 aromatic rings. The van der Waals surface area contributed by atoms with E-state index in [2.05, 4.69) is 36.1 Å². The first-order valence-electron chi connectivity index (χ1n) is 7.79. The summed E-state index contributed by atoms with van der Waals surface area (Å²) >= 11 is 0. The summed E-state index contributed by atoms with van der Waals surface area (Å²) < 4.78 is 5.17. The molecule has 0 spiro atoms. The molecule has 0 heterocycles. The molecule has 142 valence electrons. The van der Waals surface area contributed by atoms with Crippen molar-refractivity contribution in [2.24, 2.45) is 5.11 Å². The predicted octanol–water partition coefficient (Wildman–Crippen LogP) is 4.88. The number of hydrogen-bond acceptors (Lipinski definition) is 6. The van der Waals surface area contributed by atoms with Gasteiger partial charge in [0.25, 0.3) is 0 Å². The third-order valence-electron chi connectivity index (χ3n) is 2.79. The lowest BCUT2D eigenvalue weighted by molar-refractivity contribution is -0.137. The Balaban J connectivity index is 2.49. The number of carboxylic acids is 1. The molecule has 0 aliphatic heterocycles. The van der Waals surface area contributed by atoms with E-state index in [-0.39, 0.29) is 17.8 Å². The lowest BCUT2D eigenvalue weighted by Gasteiger charge is -2.20. The van der Waals surface area contributed by atoms with Crippen LogP contribution in [-0.4, -0.2) is 33.7 Å². The van der Waals surface area contributed by atoms with E-state index in [4.69, 9.17) is 15.4 Å². The van der Waals surface area contributed by atoms with Crippen LogP contribution in [0.5, 0.6) is 0 Å². The molecule has 1 atom stereocenters. The lowest BCUT2D eigenvalue weighted by atomic mass is 10.2. The molecule has 0 aliphatic carbocycles. The average molecular weight is 399 g/mol. The van der Waals surface area contributed by atoms with E-state index in [1.165, 1.54) is 10.8 Å². The summed E-state index contributed by atoms with van der Waals surface area (Å²) in [6.07, 6.45) is -0.843. The molecule has 0 radical (unpaired) electrons. The molecule has 26 heavy (non-hydrogen) atoms. The first kappa shape index (κ1) is 22.0. The maximum atomic E-state index is 11.9. The van der Waals surface area contributed by atoms with Gasteiger partial charge >= 0.3 is 12.1 Å². The summed E-state index contributed by atoms with van der Waals surface area (Å²) in [5, 5.41) is 15.0. The van der Waals surface area contributed by atoms with Crippen LogP contribution in [-0.2, 0) is 16.1 Å². The fourth-order valence-corrected chi connectivity index (χ4v) is 4.27. The Kier molecular flexibility index (Phi) is 9.18. The molecule has 0 saturated carbocycles. The summed E-state index contributed by atoms with van der Waals surface area (Å²) in [5.41, 5.74) is 9.55. The number of nitrogens with zero attached hydrogens (tertiary/aromatic N) is 3. The van der Waals surface area contributed by atoms with E-state index >= 15 is 0 Å². The highest BCUT2D eigenvalue weighted by Gasteiger charge is 2.19. The van der Waals surface area contributed by atoms with Gasteiger partial charge in [0.05, 0.1) is 12.5 Å². The van der Waals surface area contributed by atoms with E-state index in [1.807, 2.05) is 0 Å². The third kappa shape index (κ3) is 10.1. The molecular formula is C16H22N4O4S2. The van der Waals surface area contributed by atoms with E-state index in [9.17, 15) is 9.59 Å². The van der Waals surface area contributed by atoms with E-state index in [0.717, 1.165) is 5.56 Å². The van der Waals surface area contributed by atoms with Crippen molar-refractivity contribution in [1.82, 2.24) is 5.32 Å². The molecule has 1 rings (SSSR count). The fraction of sp³-hybridized carbons (Fsp3) is 0.500. The van der Waals surface area contributed by atoms with Crippen LogP contribution in [0.3, 0.4) is 0 Å². The average Bonchev–Trinajstić information content (AvgIpc) is 2.52. The number of nitrogens with one attached hydrogen (secondary N) is 1. The molecule has 0 saturated heterocycles. The SMILES string of the molecule is CC(C)(C)SSC[C@@H](CC(=O)O)NC(=O)OCc1ccc(N=[N+]=[N-])cc1. The van der Waals surface area contributed by atoms with Gasteiger partial charge in [0, 0.05) is 21.1 Å². The first-order chi connectivity index (χ1) is 12.2. The Morgan fingerprint density at radius 3 is 2.54 bits per heavy atom. The number of aliphatic carboxylic acids is 1. The minimum absolute atomic E-state index is 0.0338. The molecule has 0 aromatic heterocycles. The van der Waals surface area contributed by atoms with Crippen molar-refractivity contribution in [3.8, 4) is 0 Å². The number of ether oxygens (including phenoxy) is 1. The van der Waals surface area contributed by atoms with Crippen LogP contribution in [0.25, 0.3) is 10.4 Å². The van der Waals surface area contributed by atoms with Gasteiger partial charge in [-0.2, -0.15) is 0 Å². The minimum Gasteiger partial charge on any atom is -0.481 e. The highest BCUT2D eigenvalue weighted by atomic mass is 33.1. The van der Waals surface area contributed by atoms with Crippen molar-refractivity contribution in [3.63, 3.8) is 0 Å². The summed E-state index contributed by atoms with van der Waals surface area (Å²) in [4.78, 5) is 25.6. The van der Waals surface area contributed by atoms with Crippen LogP contribution < -0.4 is 5.32 Å². The Bertz CT molecular complexity index is 655. The zero-order valence-electron chi connectivity index (χ0n) is 14.8. The summed E-state index contributed by atoms with van der Waals surface area (Å²) in [6.45, 7) is 6.22. The van der Waals surface area contributed by atoms with Gasteiger partial charge in [-0.3, -0.25) is 4.79 Å². The second-order valence-corrected chi connectivity index (χ2v) is 9.52. The smallest absolute Gasteiger partial charge is 0.407 e. The second-order valence-electron chi connectivity index (χ2n) is 6.35. The normalized spacial score (nSPS) is 12.0. The zero-order chi connectivity index (χ0) is 19.6. The zero-order valence-corrected chi connectivity index (χ0v) is 16.5. The first-order valence-corrected chi connectivity index (χ1v) is 10.1. The molecule has 0 unspecified atom stereocenters. The number of alkyl carbamates (subject to hydrolysis) is 1. The van der Waals surface area contributed by atoms with Crippen molar-refractivity contribution in [3.05, 3.63) is 40.3 Å². The Morgan fingerprint density at radius 1 is 1.35 bits per heavy atom. The van der Waals surface area contributed by atoms with Crippen molar-refractivity contribution in [2.75, 3.05) is 5.75 Å². The van der Waals surface area contributed by atoms with E-state index < -0.39 is 18.1 Å². The molecule has 0 bridgehead atoms. The van der Waals surface area contributed by atoms with Gasteiger partial charge < -0.3 is 15.2 Å². The number of amides is 1. The quantitative estimate of drug-likeness (QED) is 0.264. The summed E-state index contributed by atoms with van der Waals surface area (Å²) in [6, 6.07) is 6.07. The Hall–Kier alpha value is -2.03. The van der Waals surface area contributed by atoms with E-state index in [1.54, 1.807) is 35.1 Å². The molecular weight excluding hydrogens is 376 g/mol. The van der Waals surface area contributed by atoms with E-state index in [0.29, 0.717) is 11.4 Å². The van der Waals surface area contributed by atoms with Gasteiger partial charge in [-0.1, -0.05) is 71.7 Å². The fourth-order valence-electron chi connectivity index (χ4n) is 1.72. The lowest BCUT2D eigenvalue weighted by Crippen LogP contribution is -2.38. The number of benzene rings is 1. The number of carboxylic acid groups (broad SMARTS) is 1. The van der Waals surface area contributed by atoms with Gasteiger partial charge in [0.15, 0.2) is 0 Å².